The number of hydrogen-bond acceptors (Lipinski definition) is 5. The molecular formula is C26H32N2O2S. The number of hydrogen-bond donors (Lipinski definition) is 2. The third-order valence-corrected chi connectivity index (χ3v) is 5.97. The number of aromatic hydroxyl groups is 2. The highest BCUT2D eigenvalue weighted by molar-refractivity contribution is 7.09. The zero-order valence-corrected chi connectivity index (χ0v) is 19.4. The summed E-state index contributed by atoms with van der Waals surface area (Å²) in [4.78, 5) is 4.06. The molecule has 2 aromatic carbocycles. The Morgan fingerprint density at radius 2 is 1.87 bits per heavy atom. The first kappa shape index (κ1) is 24.5. The number of phenolic OH excluding ortho intramolecular Hbond substituents is 2. The summed E-state index contributed by atoms with van der Waals surface area (Å²) in [5, 5.41) is 28.7. The maximum Gasteiger partial charge on any atom is 0.133 e. The first-order valence-corrected chi connectivity index (χ1v) is 11.5. The van der Waals surface area contributed by atoms with Gasteiger partial charge in [0.1, 0.15) is 17.6 Å². The number of rotatable bonds is 3. The minimum absolute atomic E-state index is 0.0579. The average Bonchev–Trinajstić information content (AvgIpc) is 3.41. The molecule has 1 saturated heterocycles. The molecule has 2 heterocycles. The van der Waals surface area contributed by atoms with Gasteiger partial charge in [0.25, 0.3) is 0 Å². The number of benzene rings is 2. The van der Waals surface area contributed by atoms with Crippen molar-refractivity contribution in [1.29, 1.82) is 5.26 Å². The molecule has 0 bridgehead atoms. The fraction of sp³-hybridized carbons (Fsp3) is 0.346. The smallest absolute Gasteiger partial charge is 0.133 e. The van der Waals surface area contributed by atoms with Crippen molar-refractivity contribution >= 4 is 11.3 Å². The van der Waals surface area contributed by atoms with Crippen LogP contribution in [-0.4, -0.2) is 28.2 Å². The van der Waals surface area contributed by atoms with E-state index in [1.54, 1.807) is 24.3 Å². The molecule has 0 amide bonds. The Balaban J connectivity index is 0.000000167. The number of nitriles is 1. The van der Waals surface area contributed by atoms with Crippen LogP contribution >= 0.6 is 11.3 Å². The Labute approximate surface area is 190 Å². The summed E-state index contributed by atoms with van der Waals surface area (Å²) >= 11 is 1.87. The Kier molecular flexibility index (Phi) is 10.1. The van der Waals surface area contributed by atoms with Gasteiger partial charge in [-0.15, -0.1) is 11.3 Å². The molecule has 1 aliphatic rings. The van der Waals surface area contributed by atoms with Crippen molar-refractivity contribution < 1.29 is 10.2 Å². The number of nitrogens with zero attached hydrogens (tertiary/aromatic N) is 2. The number of likely N-dealkylation sites (tertiary alicyclic amines) is 1. The molecule has 0 unspecified atom stereocenters. The summed E-state index contributed by atoms with van der Waals surface area (Å²) in [7, 11) is 0. The zero-order valence-electron chi connectivity index (χ0n) is 18.6. The molecular weight excluding hydrogens is 404 g/mol. The van der Waals surface area contributed by atoms with Gasteiger partial charge in [0.2, 0.25) is 0 Å². The SMILES string of the molecule is CCc1ccccc1O.C[C@H]1CCN(Cc2cccs2)C1.Cc1ccc(C#N)c(O)c1. The second-order valence-electron chi connectivity index (χ2n) is 7.82. The molecule has 4 rings (SSSR count). The van der Waals surface area contributed by atoms with Crippen LogP contribution in [0.15, 0.2) is 60.0 Å². The Bertz CT molecular complexity index is 964. The predicted molar refractivity (Wildman–Crippen MR) is 128 cm³/mol. The van der Waals surface area contributed by atoms with Crippen LogP contribution in [0.2, 0.25) is 0 Å². The van der Waals surface area contributed by atoms with Crippen molar-refractivity contribution in [1.82, 2.24) is 4.90 Å². The maximum absolute atomic E-state index is 9.11. The van der Waals surface area contributed by atoms with Crippen LogP contribution in [0, 0.1) is 24.2 Å². The molecule has 3 aromatic rings. The van der Waals surface area contributed by atoms with Crippen LogP contribution in [-0.2, 0) is 13.0 Å². The van der Waals surface area contributed by atoms with Gasteiger partial charge in [-0.05, 0) is 73.0 Å². The molecule has 0 saturated carbocycles. The van der Waals surface area contributed by atoms with E-state index in [9.17, 15) is 0 Å². The molecule has 4 nitrogen and oxygen atoms in total. The van der Waals surface area contributed by atoms with Gasteiger partial charge in [-0.2, -0.15) is 5.26 Å². The lowest BCUT2D eigenvalue weighted by Crippen LogP contribution is -2.18. The first-order chi connectivity index (χ1) is 14.9. The lowest BCUT2D eigenvalue weighted by Gasteiger charge is -2.13. The molecule has 0 radical (unpaired) electrons. The summed E-state index contributed by atoms with van der Waals surface area (Å²) in [6.45, 7) is 9.98. The number of aryl methyl sites for hydroxylation is 2. The highest BCUT2D eigenvalue weighted by Crippen LogP contribution is 2.20. The van der Waals surface area contributed by atoms with E-state index in [4.69, 9.17) is 15.5 Å². The van der Waals surface area contributed by atoms with E-state index < -0.39 is 0 Å². The highest BCUT2D eigenvalue weighted by atomic mass is 32.1. The topological polar surface area (TPSA) is 67.5 Å². The molecule has 0 aliphatic carbocycles. The predicted octanol–water partition coefficient (Wildman–Crippen LogP) is 6.12. The van der Waals surface area contributed by atoms with E-state index in [0.717, 1.165) is 23.5 Å². The Hall–Kier alpha value is -2.81. The second-order valence-corrected chi connectivity index (χ2v) is 8.86. The number of para-hydroxylation sites is 1. The van der Waals surface area contributed by atoms with Gasteiger partial charge >= 0.3 is 0 Å². The summed E-state index contributed by atoms with van der Waals surface area (Å²) in [5.74, 6) is 1.37. The molecule has 1 aliphatic heterocycles. The fourth-order valence-corrected chi connectivity index (χ4v) is 4.09. The van der Waals surface area contributed by atoms with E-state index in [1.807, 2.05) is 49.5 Å². The standard InChI is InChI=1S/C10H15NS.C8H7NO.C8H10O/c1-9-4-5-11(7-9)8-10-3-2-6-12-10;1-6-2-3-7(5-9)8(10)4-6;1-2-7-5-3-4-6-8(7)9/h2-3,6,9H,4-5,7-8H2,1H3;2-4,10H,1H3;3-6,9H,2H2,1H3/t9-;;/m0../s1. The van der Waals surface area contributed by atoms with Gasteiger partial charge in [-0.3, -0.25) is 4.90 Å². The molecule has 0 spiro atoms. The monoisotopic (exact) mass is 436 g/mol. The third kappa shape index (κ3) is 8.45. The van der Waals surface area contributed by atoms with Gasteiger partial charge in [0.15, 0.2) is 0 Å². The van der Waals surface area contributed by atoms with Crippen LogP contribution in [0.1, 0.15) is 41.8 Å². The van der Waals surface area contributed by atoms with Crippen LogP contribution in [0.4, 0.5) is 0 Å². The molecule has 31 heavy (non-hydrogen) atoms. The van der Waals surface area contributed by atoms with Crippen molar-refractivity contribution in [2.24, 2.45) is 5.92 Å². The van der Waals surface area contributed by atoms with Crippen molar-refractivity contribution in [3.05, 3.63) is 81.5 Å². The van der Waals surface area contributed by atoms with Crippen molar-refractivity contribution in [3.8, 4) is 17.6 Å². The van der Waals surface area contributed by atoms with E-state index in [-0.39, 0.29) is 5.75 Å². The Morgan fingerprint density at radius 1 is 1.10 bits per heavy atom. The highest BCUT2D eigenvalue weighted by Gasteiger charge is 2.18. The summed E-state index contributed by atoms with van der Waals surface area (Å²) < 4.78 is 0. The number of phenols is 2. The first-order valence-electron chi connectivity index (χ1n) is 10.6. The van der Waals surface area contributed by atoms with E-state index in [1.165, 1.54) is 30.9 Å². The normalized spacial score (nSPS) is 15.2. The molecule has 2 N–H and O–H groups in total. The summed E-state index contributed by atoms with van der Waals surface area (Å²) in [6, 6.07) is 18.6. The van der Waals surface area contributed by atoms with Gasteiger partial charge in [-0.25, -0.2) is 0 Å². The minimum atomic E-state index is 0.0579. The van der Waals surface area contributed by atoms with Crippen LogP contribution in [0.3, 0.4) is 0 Å². The van der Waals surface area contributed by atoms with Crippen molar-refractivity contribution in [2.45, 2.75) is 40.2 Å². The zero-order chi connectivity index (χ0) is 22.6. The molecule has 1 fully saturated rings. The molecule has 164 valence electrons. The largest absolute Gasteiger partial charge is 0.508 e. The quantitative estimate of drug-likeness (QED) is 0.519. The fourth-order valence-electron chi connectivity index (χ4n) is 3.34. The van der Waals surface area contributed by atoms with Gasteiger partial charge in [-0.1, -0.05) is 44.2 Å². The average molecular weight is 437 g/mol. The minimum Gasteiger partial charge on any atom is -0.508 e. The van der Waals surface area contributed by atoms with Crippen LogP contribution in [0.25, 0.3) is 0 Å². The van der Waals surface area contributed by atoms with E-state index in [0.29, 0.717) is 11.3 Å². The van der Waals surface area contributed by atoms with E-state index in [2.05, 4.69) is 29.3 Å². The number of thiophene rings is 1. The lowest BCUT2D eigenvalue weighted by molar-refractivity contribution is 0.323. The van der Waals surface area contributed by atoms with Gasteiger partial charge < -0.3 is 10.2 Å². The summed E-state index contributed by atoms with van der Waals surface area (Å²) in [5.41, 5.74) is 2.29. The van der Waals surface area contributed by atoms with Crippen molar-refractivity contribution in [3.63, 3.8) is 0 Å². The van der Waals surface area contributed by atoms with Gasteiger partial charge in [0.05, 0.1) is 5.56 Å². The van der Waals surface area contributed by atoms with Crippen molar-refractivity contribution in [2.75, 3.05) is 13.1 Å². The molecule has 1 aromatic heterocycles. The van der Waals surface area contributed by atoms with Gasteiger partial charge in [0, 0.05) is 18.0 Å². The second kappa shape index (κ2) is 12.8. The third-order valence-electron chi connectivity index (χ3n) is 5.11. The van der Waals surface area contributed by atoms with Crippen LogP contribution < -0.4 is 0 Å². The lowest BCUT2D eigenvalue weighted by atomic mass is 10.1. The molecule has 1 atom stereocenters. The van der Waals surface area contributed by atoms with Crippen LogP contribution in [0.5, 0.6) is 11.5 Å². The molecule has 5 heteroatoms. The van der Waals surface area contributed by atoms with E-state index >= 15 is 0 Å². The summed E-state index contributed by atoms with van der Waals surface area (Å²) in [6.07, 6.45) is 2.28. The Morgan fingerprint density at radius 3 is 2.39 bits per heavy atom. The maximum atomic E-state index is 9.11.